The topological polar surface area (TPSA) is 113 Å². The molecule has 7 heteroatoms. The van der Waals surface area contributed by atoms with Crippen LogP contribution in [0.2, 0.25) is 0 Å². The number of nitrogens with one attached hydrogen (secondary N) is 1. The predicted octanol–water partition coefficient (Wildman–Crippen LogP) is -2.98. The van der Waals surface area contributed by atoms with E-state index in [0.717, 1.165) is 0 Å². The van der Waals surface area contributed by atoms with E-state index in [1.807, 2.05) is 0 Å². The van der Waals surface area contributed by atoms with E-state index in [2.05, 4.69) is 5.32 Å². The number of carbonyl (C=O) groups is 1. The number of nitrogens with zero attached hydrogens (tertiary/aromatic N) is 1. The smallest absolute Gasteiger partial charge is 0.216 e. The van der Waals surface area contributed by atoms with Gasteiger partial charge in [0.25, 0.3) is 0 Å². The molecule has 5 N–H and O–H groups in total. The summed E-state index contributed by atoms with van der Waals surface area (Å²) in [6, 6.07) is -1.35. The number of hydrogen-bond donors (Lipinski definition) is 5. The number of amides is 1. The molecule has 0 spiro atoms. The van der Waals surface area contributed by atoms with Crippen molar-refractivity contribution in [2.24, 2.45) is 0 Å². The molecule has 0 saturated carbocycles. The zero-order valence-corrected chi connectivity index (χ0v) is 10.2. The highest BCUT2D eigenvalue weighted by atomic mass is 16.3. The second-order valence-corrected chi connectivity index (χ2v) is 5.06. The fourth-order valence-corrected chi connectivity index (χ4v) is 3.13. The number of fused-ring (bicyclic) bond motifs is 1. The molecule has 0 bridgehead atoms. The molecule has 0 aromatic heterocycles. The van der Waals surface area contributed by atoms with Crippen LogP contribution in [0.3, 0.4) is 0 Å². The van der Waals surface area contributed by atoms with Crippen molar-refractivity contribution >= 4 is 5.91 Å². The average Bonchev–Trinajstić information content (AvgIpc) is 2.76. The lowest BCUT2D eigenvalue weighted by Gasteiger charge is -2.29. The molecule has 0 radical (unpaired) electrons. The monoisotopic (exact) mass is 260 g/mol. The minimum Gasteiger partial charge on any atom is -0.395 e. The average molecular weight is 260 g/mol. The van der Waals surface area contributed by atoms with Crippen LogP contribution in [-0.2, 0) is 4.79 Å². The Kier molecular flexibility index (Phi) is 3.88. The summed E-state index contributed by atoms with van der Waals surface area (Å²) in [5.74, 6) is -0.222. The fourth-order valence-electron chi connectivity index (χ4n) is 3.13. The first kappa shape index (κ1) is 13.7. The SMILES string of the molecule is CC(=O)NC[C@H]1[C@H](O)[C@H](O)C2[C@@H](O)C[C@H](CO)N21. The summed E-state index contributed by atoms with van der Waals surface area (Å²) in [7, 11) is 0. The van der Waals surface area contributed by atoms with Gasteiger partial charge >= 0.3 is 0 Å². The highest BCUT2D eigenvalue weighted by Crippen LogP contribution is 2.37. The van der Waals surface area contributed by atoms with Gasteiger partial charge in [-0.05, 0) is 6.42 Å². The lowest BCUT2D eigenvalue weighted by molar-refractivity contribution is -0.119. The number of carbonyl (C=O) groups excluding carboxylic acids is 1. The first-order valence-electron chi connectivity index (χ1n) is 6.14. The Hall–Kier alpha value is -0.730. The third-order valence-corrected chi connectivity index (χ3v) is 3.92. The van der Waals surface area contributed by atoms with Crippen molar-refractivity contribution in [3.63, 3.8) is 0 Å². The largest absolute Gasteiger partial charge is 0.395 e. The molecule has 1 amide bonds. The Bertz CT molecular complexity index is 327. The molecule has 2 rings (SSSR count). The molecule has 2 aliphatic rings. The predicted molar refractivity (Wildman–Crippen MR) is 61.6 cm³/mol. The van der Waals surface area contributed by atoms with Crippen LogP contribution in [0.1, 0.15) is 13.3 Å². The molecule has 1 unspecified atom stereocenters. The maximum absolute atomic E-state index is 10.9. The molecule has 2 saturated heterocycles. The van der Waals surface area contributed by atoms with Gasteiger partial charge in [0.05, 0.1) is 37.0 Å². The summed E-state index contributed by atoms with van der Waals surface area (Å²) in [6.45, 7) is 1.41. The Morgan fingerprint density at radius 3 is 2.56 bits per heavy atom. The summed E-state index contributed by atoms with van der Waals surface area (Å²) in [5.41, 5.74) is 0. The molecule has 2 aliphatic heterocycles. The summed E-state index contributed by atoms with van der Waals surface area (Å²) < 4.78 is 0. The van der Waals surface area contributed by atoms with Crippen molar-refractivity contribution in [1.82, 2.24) is 10.2 Å². The number of aliphatic hydroxyl groups excluding tert-OH is 4. The first-order chi connectivity index (χ1) is 8.47. The highest BCUT2D eigenvalue weighted by Gasteiger charge is 2.56. The Labute approximate surface area is 105 Å². The van der Waals surface area contributed by atoms with Crippen molar-refractivity contribution in [2.45, 2.75) is 49.8 Å². The minimum atomic E-state index is -1.06. The van der Waals surface area contributed by atoms with Gasteiger partial charge in [0.15, 0.2) is 0 Å². The van der Waals surface area contributed by atoms with Crippen molar-refractivity contribution in [3.8, 4) is 0 Å². The van der Waals surface area contributed by atoms with E-state index in [1.54, 1.807) is 4.90 Å². The minimum absolute atomic E-state index is 0.149. The lowest BCUT2D eigenvalue weighted by atomic mass is 10.0. The Morgan fingerprint density at radius 2 is 2.00 bits per heavy atom. The number of rotatable bonds is 3. The Morgan fingerprint density at radius 1 is 1.33 bits per heavy atom. The zero-order valence-electron chi connectivity index (χ0n) is 10.2. The molecule has 6 atom stereocenters. The number of hydrogen-bond acceptors (Lipinski definition) is 6. The molecular formula is C11H20N2O5. The van der Waals surface area contributed by atoms with E-state index in [-0.39, 0.29) is 25.1 Å². The van der Waals surface area contributed by atoms with Crippen LogP contribution in [-0.4, -0.2) is 80.8 Å². The molecule has 2 heterocycles. The van der Waals surface area contributed by atoms with Crippen molar-refractivity contribution in [3.05, 3.63) is 0 Å². The molecule has 0 aliphatic carbocycles. The van der Waals surface area contributed by atoms with Gasteiger partial charge in [-0.25, -0.2) is 0 Å². The second kappa shape index (κ2) is 5.10. The maximum Gasteiger partial charge on any atom is 0.216 e. The van der Waals surface area contributed by atoms with Crippen LogP contribution < -0.4 is 5.32 Å². The maximum atomic E-state index is 10.9. The van der Waals surface area contributed by atoms with E-state index in [4.69, 9.17) is 0 Å². The standard InChI is InChI=1S/C11H20N2O5/c1-5(15)12-3-7-10(17)11(18)9-8(16)2-6(4-14)13(7)9/h6-11,14,16-18H,2-4H2,1H3,(H,12,15)/t6-,7+,8+,9?,10+,11-/m1/s1. The lowest BCUT2D eigenvalue weighted by Crippen LogP contribution is -2.49. The van der Waals surface area contributed by atoms with Crippen LogP contribution in [0.25, 0.3) is 0 Å². The second-order valence-electron chi connectivity index (χ2n) is 5.06. The summed E-state index contributed by atoms with van der Waals surface area (Å²) in [5, 5.41) is 41.7. The van der Waals surface area contributed by atoms with E-state index in [9.17, 15) is 25.2 Å². The molecule has 7 nitrogen and oxygen atoms in total. The van der Waals surface area contributed by atoms with Gasteiger partial charge in [-0.2, -0.15) is 0 Å². The molecule has 104 valence electrons. The van der Waals surface area contributed by atoms with Crippen LogP contribution in [0.15, 0.2) is 0 Å². The molecule has 0 aromatic rings. The van der Waals surface area contributed by atoms with E-state index >= 15 is 0 Å². The van der Waals surface area contributed by atoms with E-state index in [0.29, 0.717) is 6.42 Å². The van der Waals surface area contributed by atoms with Gasteiger partial charge in [0, 0.05) is 19.5 Å². The van der Waals surface area contributed by atoms with Gasteiger partial charge in [0.1, 0.15) is 0 Å². The van der Waals surface area contributed by atoms with Crippen LogP contribution in [0.5, 0.6) is 0 Å². The highest BCUT2D eigenvalue weighted by molar-refractivity contribution is 5.72. The summed E-state index contributed by atoms with van der Waals surface area (Å²) in [6.07, 6.45) is -2.50. The fraction of sp³-hybridized carbons (Fsp3) is 0.909. The van der Waals surface area contributed by atoms with Crippen molar-refractivity contribution in [1.29, 1.82) is 0 Å². The molecular weight excluding hydrogens is 240 g/mol. The quantitative estimate of drug-likeness (QED) is 0.370. The summed E-state index contributed by atoms with van der Waals surface area (Å²) in [4.78, 5) is 12.7. The molecule has 2 fully saturated rings. The van der Waals surface area contributed by atoms with Crippen LogP contribution in [0, 0.1) is 0 Å². The number of aliphatic hydroxyl groups is 4. The van der Waals surface area contributed by atoms with E-state index < -0.39 is 30.4 Å². The van der Waals surface area contributed by atoms with Gasteiger partial charge in [-0.1, -0.05) is 0 Å². The Balaban J connectivity index is 2.15. The van der Waals surface area contributed by atoms with Gasteiger partial charge < -0.3 is 25.7 Å². The molecule has 18 heavy (non-hydrogen) atoms. The third-order valence-electron chi connectivity index (χ3n) is 3.92. The zero-order chi connectivity index (χ0) is 13.4. The van der Waals surface area contributed by atoms with Crippen molar-refractivity contribution < 1.29 is 25.2 Å². The van der Waals surface area contributed by atoms with Crippen LogP contribution in [0.4, 0.5) is 0 Å². The van der Waals surface area contributed by atoms with Crippen molar-refractivity contribution in [2.75, 3.05) is 13.2 Å². The van der Waals surface area contributed by atoms with Gasteiger partial charge in [0.2, 0.25) is 5.91 Å². The normalized spacial score (nSPS) is 44.1. The van der Waals surface area contributed by atoms with Crippen LogP contribution >= 0.6 is 0 Å². The first-order valence-corrected chi connectivity index (χ1v) is 6.14. The van der Waals surface area contributed by atoms with Gasteiger partial charge in [-0.3, -0.25) is 9.69 Å². The summed E-state index contributed by atoms with van der Waals surface area (Å²) >= 11 is 0. The van der Waals surface area contributed by atoms with Gasteiger partial charge in [-0.15, -0.1) is 0 Å². The van der Waals surface area contributed by atoms with E-state index in [1.165, 1.54) is 6.92 Å². The molecule has 0 aromatic carbocycles. The third kappa shape index (κ3) is 2.12.